The molecule has 0 aliphatic carbocycles. The molecule has 0 radical (unpaired) electrons. The van der Waals surface area contributed by atoms with Crippen molar-refractivity contribution in [1.29, 1.82) is 0 Å². The van der Waals surface area contributed by atoms with E-state index < -0.39 is 4.92 Å². The molecule has 0 fully saturated rings. The van der Waals surface area contributed by atoms with Crippen LogP contribution in [-0.4, -0.2) is 20.6 Å². The molecule has 0 aliphatic heterocycles. The van der Waals surface area contributed by atoms with Crippen LogP contribution in [0.5, 0.6) is 0 Å². The van der Waals surface area contributed by atoms with Crippen molar-refractivity contribution in [1.82, 2.24) is 9.78 Å². The largest absolute Gasteiger partial charge is 0.323 e. The first-order valence-electron chi connectivity index (χ1n) is 9.16. The zero-order valence-electron chi connectivity index (χ0n) is 16.5. The summed E-state index contributed by atoms with van der Waals surface area (Å²) in [6.07, 6.45) is 3.18. The Bertz CT molecular complexity index is 1060. The van der Waals surface area contributed by atoms with Crippen LogP contribution < -0.4 is 5.32 Å². The van der Waals surface area contributed by atoms with Gasteiger partial charge in [-0.1, -0.05) is 29.8 Å². The number of anilines is 1. The number of nitrogens with zero attached hydrogens (tertiary/aromatic N) is 3. The summed E-state index contributed by atoms with van der Waals surface area (Å²) in [7, 11) is 0. The van der Waals surface area contributed by atoms with Gasteiger partial charge in [-0.15, -0.1) is 0 Å². The van der Waals surface area contributed by atoms with Crippen molar-refractivity contribution in [2.45, 2.75) is 27.3 Å². The molecule has 1 aromatic heterocycles. The van der Waals surface area contributed by atoms with Crippen LogP contribution in [0.2, 0.25) is 0 Å². The van der Waals surface area contributed by atoms with Crippen molar-refractivity contribution < 1.29 is 9.72 Å². The van der Waals surface area contributed by atoms with E-state index in [4.69, 9.17) is 0 Å². The summed E-state index contributed by atoms with van der Waals surface area (Å²) < 4.78 is 1.92. The third-order valence-corrected chi connectivity index (χ3v) is 4.64. The first kappa shape index (κ1) is 20.0. The SMILES string of the molecule is Cc1ccc(Cn2nc(C)c(/C=C/C(=O)Nc3ccc([N+](=O)[O-])cc3)c2C)cc1. The molecule has 3 rings (SSSR count). The quantitative estimate of drug-likeness (QED) is 0.383. The minimum absolute atomic E-state index is 0.0224. The van der Waals surface area contributed by atoms with Gasteiger partial charge in [-0.05, 0) is 44.5 Å². The number of rotatable bonds is 6. The highest BCUT2D eigenvalue weighted by molar-refractivity contribution is 6.02. The molecule has 29 heavy (non-hydrogen) atoms. The third-order valence-electron chi connectivity index (χ3n) is 4.64. The molecular formula is C22H22N4O3. The fraction of sp³-hybridized carbons (Fsp3) is 0.182. The van der Waals surface area contributed by atoms with Crippen molar-refractivity contribution in [3.05, 3.63) is 92.8 Å². The maximum atomic E-state index is 12.2. The van der Waals surface area contributed by atoms with Gasteiger partial charge in [0.05, 0.1) is 17.2 Å². The molecule has 0 bridgehead atoms. The predicted molar refractivity (Wildman–Crippen MR) is 113 cm³/mol. The van der Waals surface area contributed by atoms with Crippen LogP contribution in [0.15, 0.2) is 54.6 Å². The van der Waals surface area contributed by atoms with Crippen LogP contribution in [0.1, 0.15) is 28.1 Å². The Morgan fingerprint density at radius 3 is 2.38 bits per heavy atom. The lowest BCUT2D eigenvalue weighted by atomic mass is 10.1. The Hall–Kier alpha value is -3.74. The molecule has 0 saturated heterocycles. The number of carbonyl (C=O) groups is 1. The second-order valence-corrected chi connectivity index (χ2v) is 6.85. The Kier molecular flexibility index (Phi) is 5.87. The predicted octanol–water partition coefficient (Wildman–Crippen LogP) is 4.42. The van der Waals surface area contributed by atoms with E-state index >= 15 is 0 Å². The van der Waals surface area contributed by atoms with Crippen LogP contribution in [0.25, 0.3) is 6.08 Å². The highest BCUT2D eigenvalue weighted by Gasteiger charge is 2.10. The first-order valence-corrected chi connectivity index (χ1v) is 9.16. The van der Waals surface area contributed by atoms with E-state index in [9.17, 15) is 14.9 Å². The fourth-order valence-corrected chi connectivity index (χ4v) is 2.98. The molecule has 1 heterocycles. The van der Waals surface area contributed by atoms with E-state index in [0.717, 1.165) is 22.5 Å². The Morgan fingerprint density at radius 2 is 1.76 bits per heavy atom. The standard InChI is InChI=1S/C22H22N4O3/c1-15-4-6-18(7-5-15)14-25-17(3)21(16(2)24-25)12-13-22(27)23-19-8-10-20(11-9-19)26(28)29/h4-13H,14H2,1-3H3,(H,23,27)/b13-12+. The molecular weight excluding hydrogens is 368 g/mol. The summed E-state index contributed by atoms with van der Waals surface area (Å²) in [4.78, 5) is 22.4. The van der Waals surface area contributed by atoms with E-state index in [1.165, 1.54) is 35.9 Å². The molecule has 0 saturated carbocycles. The smallest absolute Gasteiger partial charge is 0.269 e. The Labute approximate surface area is 168 Å². The topological polar surface area (TPSA) is 90.1 Å². The van der Waals surface area contributed by atoms with Gasteiger partial charge in [0.25, 0.3) is 5.69 Å². The number of nitro benzene ring substituents is 1. The van der Waals surface area contributed by atoms with Crippen LogP contribution in [-0.2, 0) is 11.3 Å². The molecule has 0 spiro atoms. The number of aryl methyl sites for hydroxylation is 2. The minimum Gasteiger partial charge on any atom is -0.323 e. The number of nitro groups is 1. The summed E-state index contributed by atoms with van der Waals surface area (Å²) in [5, 5.41) is 18.0. The van der Waals surface area contributed by atoms with Crippen LogP contribution in [0.3, 0.4) is 0 Å². The Balaban J connectivity index is 1.69. The number of hydrogen-bond donors (Lipinski definition) is 1. The number of nitrogens with one attached hydrogen (secondary N) is 1. The average molecular weight is 390 g/mol. The second kappa shape index (κ2) is 8.52. The third kappa shape index (κ3) is 4.95. The first-order chi connectivity index (χ1) is 13.8. The maximum absolute atomic E-state index is 12.2. The van der Waals surface area contributed by atoms with Gasteiger partial charge >= 0.3 is 0 Å². The summed E-state index contributed by atoms with van der Waals surface area (Å²) in [6.45, 7) is 6.60. The highest BCUT2D eigenvalue weighted by atomic mass is 16.6. The summed E-state index contributed by atoms with van der Waals surface area (Å²) in [6, 6.07) is 14.0. The minimum atomic E-state index is -0.481. The molecule has 7 nitrogen and oxygen atoms in total. The monoisotopic (exact) mass is 390 g/mol. The van der Waals surface area contributed by atoms with Gasteiger partial charge in [-0.2, -0.15) is 5.10 Å². The van der Waals surface area contributed by atoms with E-state index in [1.807, 2.05) is 18.5 Å². The van der Waals surface area contributed by atoms with Gasteiger partial charge in [-0.25, -0.2) is 0 Å². The van der Waals surface area contributed by atoms with Crippen LogP contribution >= 0.6 is 0 Å². The molecule has 3 aromatic rings. The van der Waals surface area contributed by atoms with Gasteiger partial charge in [0.2, 0.25) is 5.91 Å². The zero-order valence-corrected chi connectivity index (χ0v) is 16.5. The van der Waals surface area contributed by atoms with Crippen molar-refractivity contribution in [3.8, 4) is 0 Å². The van der Waals surface area contributed by atoms with Crippen molar-refractivity contribution in [2.75, 3.05) is 5.32 Å². The van der Waals surface area contributed by atoms with Crippen LogP contribution in [0, 0.1) is 30.9 Å². The summed E-state index contributed by atoms with van der Waals surface area (Å²) >= 11 is 0. The lowest BCUT2D eigenvalue weighted by molar-refractivity contribution is -0.384. The van der Waals surface area contributed by atoms with E-state index in [2.05, 4.69) is 41.6 Å². The molecule has 1 N–H and O–H groups in total. The molecule has 1 amide bonds. The average Bonchev–Trinajstić information content (AvgIpc) is 2.95. The number of hydrogen-bond acceptors (Lipinski definition) is 4. The Morgan fingerprint density at radius 1 is 1.10 bits per heavy atom. The number of non-ortho nitro benzene ring substituents is 1. The molecule has 2 aromatic carbocycles. The maximum Gasteiger partial charge on any atom is 0.269 e. The normalized spacial score (nSPS) is 11.0. The van der Waals surface area contributed by atoms with Gasteiger partial charge in [0.15, 0.2) is 0 Å². The van der Waals surface area contributed by atoms with Crippen molar-refractivity contribution in [2.24, 2.45) is 0 Å². The fourth-order valence-electron chi connectivity index (χ4n) is 2.98. The van der Waals surface area contributed by atoms with Gasteiger partial charge < -0.3 is 5.32 Å². The number of amides is 1. The summed E-state index contributed by atoms with van der Waals surface area (Å²) in [5.41, 5.74) is 5.56. The second-order valence-electron chi connectivity index (χ2n) is 6.85. The van der Waals surface area contributed by atoms with E-state index in [1.54, 1.807) is 6.08 Å². The molecule has 7 heteroatoms. The van der Waals surface area contributed by atoms with Crippen molar-refractivity contribution in [3.63, 3.8) is 0 Å². The van der Waals surface area contributed by atoms with Gasteiger partial charge in [-0.3, -0.25) is 19.6 Å². The zero-order chi connectivity index (χ0) is 21.0. The number of carbonyl (C=O) groups excluding carboxylic acids is 1. The van der Waals surface area contributed by atoms with Gasteiger partial charge in [0.1, 0.15) is 0 Å². The van der Waals surface area contributed by atoms with Gasteiger partial charge in [0, 0.05) is 35.2 Å². The molecule has 0 unspecified atom stereocenters. The van der Waals surface area contributed by atoms with E-state index in [-0.39, 0.29) is 11.6 Å². The number of aromatic nitrogens is 2. The number of benzene rings is 2. The molecule has 148 valence electrons. The van der Waals surface area contributed by atoms with Crippen LogP contribution in [0.4, 0.5) is 11.4 Å². The van der Waals surface area contributed by atoms with E-state index in [0.29, 0.717) is 12.2 Å². The summed E-state index contributed by atoms with van der Waals surface area (Å²) in [5.74, 6) is -0.316. The van der Waals surface area contributed by atoms with Crippen molar-refractivity contribution >= 4 is 23.4 Å². The lowest BCUT2D eigenvalue weighted by Gasteiger charge is -2.05. The lowest BCUT2D eigenvalue weighted by Crippen LogP contribution is -2.07. The molecule has 0 aliphatic rings. The highest BCUT2D eigenvalue weighted by Crippen LogP contribution is 2.18. The molecule has 0 atom stereocenters.